The van der Waals surface area contributed by atoms with Crippen LogP contribution in [0.3, 0.4) is 0 Å². The predicted octanol–water partition coefficient (Wildman–Crippen LogP) is 2.54. The lowest BCUT2D eigenvalue weighted by Gasteiger charge is -2.14. The molecule has 134 valence electrons. The van der Waals surface area contributed by atoms with Crippen LogP contribution in [-0.2, 0) is 17.8 Å². The highest BCUT2D eigenvalue weighted by Crippen LogP contribution is 2.38. The van der Waals surface area contributed by atoms with Crippen LogP contribution in [0.1, 0.15) is 17.5 Å². The largest absolute Gasteiger partial charge is 0.493 e. The fraction of sp³-hybridized carbons (Fsp3) is 0.316. The molecular weight excluding hydrogens is 320 g/mol. The van der Waals surface area contributed by atoms with Crippen molar-refractivity contribution in [3.63, 3.8) is 0 Å². The Kier molecular flexibility index (Phi) is 6.51. The van der Waals surface area contributed by atoms with Crippen molar-refractivity contribution in [2.24, 2.45) is 0 Å². The van der Waals surface area contributed by atoms with E-state index in [-0.39, 0.29) is 5.91 Å². The molecule has 6 nitrogen and oxygen atoms in total. The van der Waals surface area contributed by atoms with Crippen LogP contribution in [0.4, 0.5) is 5.69 Å². The number of nitrogens with one attached hydrogen (secondary N) is 1. The van der Waals surface area contributed by atoms with Crippen LogP contribution in [0.2, 0.25) is 0 Å². The van der Waals surface area contributed by atoms with Gasteiger partial charge in [0.2, 0.25) is 11.7 Å². The molecule has 0 bridgehead atoms. The molecule has 0 fully saturated rings. The number of nitrogen functional groups attached to an aromatic ring is 1. The lowest BCUT2D eigenvalue weighted by molar-refractivity contribution is -0.121. The molecular formula is C19H24N2O4. The molecule has 0 aliphatic heterocycles. The summed E-state index contributed by atoms with van der Waals surface area (Å²) in [6.45, 7) is 0.375. The second-order valence-electron chi connectivity index (χ2n) is 5.51. The Morgan fingerprint density at radius 2 is 1.68 bits per heavy atom. The maximum atomic E-state index is 12.1. The minimum atomic E-state index is -0.0444. The number of rotatable bonds is 8. The summed E-state index contributed by atoms with van der Waals surface area (Å²) >= 11 is 0. The molecule has 6 heteroatoms. The van der Waals surface area contributed by atoms with Crippen molar-refractivity contribution < 1.29 is 19.0 Å². The maximum absolute atomic E-state index is 12.1. The summed E-state index contributed by atoms with van der Waals surface area (Å²) in [5, 5.41) is 2.90. The lowest BCUT2D eigenvalue weighted by atomic mass is 10.1. The first-order valence-electron chi connectivity index (χ1n) is 7.98. The summed E-state index contributed by atoms with van der Waals surface area (Å²) < 4.78 is 15.9. The number of anilines is 1. The van der Waals surface area contributed by atoms with Crippen LogP contribution in [0.25, 0.3) is 0 Å². The quantitative estimate of drug-likeness (QED) is 0.719. The summed E-state index contributed by atoms with van der Waals surface area (Å²) in [4.78, 5) is 12.1. The summed E-state index contributed by atoms with van der Waals surface area (Å²) in [6.07, 6.45) is 0.979. The average Bonchev–Trinajstić information content (AvgIpc) is 2.64. The van der Waals surface area contributed by atoms with Crippen LogP contribution < -0.4 is 25.3 Å². The van der Waals surface area contributed by atoms with Crippen LogP contribution >= 0.6 is 0 Å². The monoisotopic (exact) mass is 344 g/mol. The number of methoxy groups -OCH3 is 3. The van der Waals surface area contributed by atoms with E-state index in [1.807, 2.05) is 36.4 Å². The molecule has 2 aromatic carbocycles. The minimum absolute atomic E-state index is 0.0444. The smallest absolute Gasteiger partial charge is 0.220 e. The van der Waals surface area contributed by atoms with Gasteiger partial charge in [0, 0.05) is 18.7 Å². The number of carbonyl (C=O) groups is 1. The van der Waals surface area contributed by atoms with Gasteiger partial charge in [-0.25, -0.2) is 0 Å². The SMILES string of the molecule is COc1cc(CNC(=O)CCc2ccccc2N)cc(OC)c1OC. The first-order valence-corrected chi connectivity index (χ1v) is 7.98. The molecule has 2 aromatic rings. The van der Waals surface area contributed by atoms with Gasteiger partial charge in [-0.2, -0.15) is 0 Å². The van der Waals surface area contributed by atoms with Crippen molar-refractivity contribution in [1.29, 1.82) is 0 Å². The van der Waals surface area contributed by atoms with Gasteiger partial charge in [-0.05, 0) is 35.7 Å². The predicted molar refractivity (Wildman–Crippen MR) is 97.1 cm³/mol. The molecule has 25 heavy (non-hydrogen) atoms. The molecule has 0 spiro atoms. The van der Waals surface area contributed by atoms with Crippen molar-refractivity contribution in [2.75, 3.05) is 27.1 Å². The van der Waals surface area contributed by atoms with E-state index in [9.17, 15) is 4.79 Å². The molecule has 1 amide bonds. The van der Waals surface area contributed by atoms with Crippen LogP contribution in [-0.4, -0.2) is 27.2 Å². The highest BCUT2D eigenvalue weighted by Gasteiger charge is 2.13. The van der Waals surface area contributed by atoms with Gasteiger partial charge in [-0.1, -0.05) is 18.2 Å². The molecule has 0 atom stereocenters. The van der Waals surface area contributed by atoms with E-state index in [2.05, 4.69) is 5.32 Å². The third-order valence-electron chi connectivity index (χ3n) is 3.89. The van der Waals surface area contributed by atoms with Crippen molar-refractivity contribution in [2.45, 2.75) is 19.4 Å². The molecule has 0 saturated carbocycles. The Hall–Kier alpha value is -2.89. The van der Waals surface area contributed by atoms with Gasteiger partial charge in [0.1, 0.15) is 0 Å². The minimum Gasteiger partial charge on any atom is -0.493 e. The Morgan fingerprint density at radius 1 is 1.04 bits per heavy atom. The zero-order chi connectivity index (χ0) is 18.2. The summed E-state index contributed by atoms with van der Waals surface area (Å²) in [5.41, 5.74) is 8.44. The number of benzene rings is 2. The van der Waals surface area contributed by atoms with Crippen molar-refractivity contribution in [3.05, 3.63) is 47.5 Å². The molecule has 2 rings (SSSR count). The fourth-order valence-electron chi connectivity index (χ4n) is 2.54. The highest BCUT2D eigenvalue weighted by molar-refractivity contribution is 5.76. The number of hydrogen-bond acceptors (Lipinski definition) is 5. The molecule has 3 N–H and O–H groups in total. The number of ether oxygens (including phenoxy) is 3. The Balaban J connectivity index is 1.96. The molecule has 0 heterocycles. The van der Waals surface area contributed by atoms with Crippen molar-refractivity contribution in [1.82, 2.24) is 5.32 Å². The normalized spacial score (nSPS) is 10.2. The van der Waals surface area contributed by atoms with Crippen LogP contribution in [0, 0.1) is 0 Å². The zero-order valence-corrected chi connectivity index (χ0v) is 14.8. The van der Waals surface area contributed by atoms with E-state index in [1.165, 1.54) is 0 Å². The zero-order valence-electron chi connectivity index (χ0n) is 14.8. The number of nitrogens with two attached hydrogens (primary N) is 1. The van der Waals surface area contributed by atoms with Gasteiger partial charge in [-0.3, -0.25) is 4.79 Å². The van der Waals surface area contributed by atoms with Gasteiger partial charge >= 0.3 is 0 Å². The van der Waals surface area contributed by atoms with Gasteiger partial charge in [0.05, 0.1) is 21.3 Å². The maximum Gasteiger partial charge on any atom is 0.220 e. The number of aryl methyl sites for hydroxylation is 1. The van der Waals surface area contributed by atoms with Crippen LogP contribution in [0.5, 0.6) is 17.2 Å². The number of para-hydroxylation sites is 1. The van der Waals surface area contributed by atoms with E-state index < -0.39 is 0 Å². The van der Waals surface area contributed by atoms with E-state index >= 15 is 0 Å². The number of hydrogen-bond donors (Lipinski definition) is 2. The molecule has 0 saturated heterocycles. The average molecular weight is 344 g/mol. The fourth-order valence-corrected chi connectivity index (χ4v) is 2.54. The standard InChI is InChI=1S/C19H24N2O4/c1-23-16-10-13(11-17(24-2)19(16)25-3)12-21-18(22)9-8-14-6-4-5-7-15(14)20/h4-7,10-11H,8-9,12,20H2,1-3H3,(H,21,22). The van der Waals surface area contributed by atoms with E-state index in [4.69, 9.17) is 19.9 Å². The Bertz CT molecular complexity index is 706. The summed E-state index contributed by atoms with van der Waals surface area (Å²) in [7, 11) is 4.67. The molecule has 0 aromatic heterocycles. The van der Waals surface area contributed by atoms with Crippen molar-refractivity contribution >= 4 is 11.6 Å². The van der Waals surface area contributed by atoms with Gasteiger partial charge in [-0.15, -0.1) is 0 Å². The topological polar surface area (TPSA) is 82.8 Å². The van der Waals surface area contributed by atoms with Crippen LogP contribution in [0.15, 0.2) is 36.4 Å². The first-order chi connectivity index (χ1) is 12.1. The van der Waals surface area contributed by atoms with Gasteiger partial charge in [0.25, 0.3) is 0 Å². The second kappa shape index (κ2) is 8.82. The summed E-state index contributed by atoms with van der Waals surface area (Å²) in [6, 6.07) is 11.2. The van der Waals surface area contributed by atoms with E-state index in [0.717, 1.165) is 11.1 Å². The highest BCUT2D eigenvalue weighted by atomic mass is 16.5. The second-order valence-corrected chi connectivity index (χ2v) is 5.51. The molecule has 0 aliphatic carbocycles. The first kappa shape index (κ1) is 18.4. The Morgan fingerprint density at radius 3 is 2.24 bits per heavy atom. The Labute approximate surface area is 147 Å². The summed E-state index contributed by atoms with van der Waals surface area (Å²) in [5.74, 6) is 1.60. The third-order valence-corrected chi connectivity index (χ3v) is 3.89. The molecule has 0 unspecified atom stereocenters. The number of amides is 1. The van der Waals surface area contributed by atoms with Gasteiger partial charge < -0.3 is 25.3 Å². The van der Waals surface area contributed by atoms with Gasteiger partial charge in [0.15, 0.2) is 11.5 Å². The van der Waals surface area contributed by atoms with E-state index in [1.54, 1.807) is 21.3 Å². The molecule has 0 aliphatic rings. The molecule has 0 radical (unpaired) electrons. The lowest BCUT2D eigenvalue weighted by Crippen LogP contribution is -2.23. The third kappa shape index (κ3) is 4.79. The van der Waals surface area contributed by atoms with Crippen molar-refractivity contribution in [3.8, 4) is 17.2 Å². The number of carbonyl (C=O) groups excluding carboxylic acids is 1. The van der Waals surface area contributed by atoms with E-state index in [0.29, 0.717) is 42.3 Å².